The summed E-state index contributed by atoms with van der Waals surface area (Å²) in [5, 5.41) is 4.07. The third-order valence-corrected chi connectivity index (χ3v) is 4.78. The summed E-state index contributed by atoms with van der Waals surface area (Å²) in [6.07, 6.45) is 2.90. The van der Waals surface area contributed by atoms with Crippen molar-refractivity contribution in [3.8, 4) is 23.0 Å². The van der Waals surface area contributed by atoms with Gasteiger partial charge in [0.15, 0.2) is 11.5 Å². The minimum atomic E-state index is -0.0725. The van der Waals surface area contributed by atoms with Crippen molar-refractivity contribution >= 4 is 16.8 Å². The molecule has 2 N–H and O–H groups in total. The largest absolute Gasteiger partial charge is 0.497 e. The van der Waals surface area contributed by atoms with Crippen LogP contribution in [-0.2, 0) is 17.6 Å². The summed E-state index contributed by atoms with van der Waals surface area (Å²) in [7, 11) is 6.30. The predicted octanol–water partition coefficient (Wildman–Crippen LogP) is 3.10. The number of aromatic amines is 1. The number of fused-ring (bicyclic) bond motifs is 1. The van der Waals surface area contributed by atoms with Gasteiger partial charge in [0.25, 0.3) is 0 Å². The molecule has 0 unspecified atom stereocenters. The first-order valence-corrected chi connectivity index (χ1v) is 9.29. The maximum atomic E-state index is 12.4. The summed E-state index contributed by atoms with van der Waals surface area (Å²) >= 11 is 0. The van der Waals surface area contributed by atoms with Crippen molar-refractivity contribution in [2.75, 3.05) is 35.0 Å². The molecule has 7 heteroatoms. The fourth-order valence-corrected chi connectivity index (χ4v) is 3.31. The van der Waals surface area contributed by atoms with Crippen molar-refractivity contribution < 1.29 is 23.7 Å². The second-order valence-electron chi connectivity index (χ2n) is 6.54. The van der Waals surface area contributed by atoms with E-state index in [1.54, 1.807) is 40.6 Å². The Morgan fingerprint density at radius 1 is 0.966 bits per heavy atom. The van der Waals surface area contributed by atoms with Gasteiger partial charge < -0.3 is 29.2 Å². The van der Waals surface area contributed by atoms with Gasteiger partial charge in [-0.2, -0.15) is 0 Å². The number of rotatable bonds is 9. The van der Waals surface area contributed by atoms with E-state index < -0.39 is 0 Å². The van der Waals surface area contributed by atoms with E-state index in [4.69, 9.17) is 18.9 Å². The van der Waals surface area contributed by atoms with Gasteiger partial charge in [0.05, 0.1) is 34.9 Å². The number of nitrogens with one attached hydrogen (secondary N) is 2. The number of carbonyl (C=O) groups is 1. The molecule has 154 valence electrons. The fourth-order valence-electron chi connectivity index (χ4n) is 3.31. The second-order valence-corrected chi connectivity index (χ2v) is 6.54. The standard InChI is InChI=1S/C22H26N2O5/c1-26-16-5-6-18-17(12-16)15(13-24-18)7-8-23-21(25)11-14-9-19(27-2)22(29-4)20(10-14)28-3/h5-6,9-10,12-13,24H,7-8,11H2,1-4H3,(H,23,25). The van der Waals surface area contributed by atoms with E-state index in [2.05, 4.69) is 10.3 Å². The Morgan fingerprint density at radius 2 is 1.69 bits per heavy atom. The molecule has 0 radical (unpaired) electrons. The highest BCUT2D eigenvalue weighted by Crippen LogP contribution is 2.38. The average molecular weight is 398 g/mol. The van der Waals surface area contributed by atoms with E-state index in [1.165, 1.54) is 0 Å². The van der Waals surface area contributed by atoms with Crippen LogP contribution in [0.15, 0.2) is 36.5 Å². The molecule has 0 atom stereocenters. The molecule has 0 saturated heterocycles. The molecule has 1 heterocycles. The Bertz CT molecular complexity index is 971. The van der Waals surface area contributed by atoms with Crippen LogP contribution in [0.3, 0.4) is 0 Å². The van der Waals surface area contributed by atoms with Crippen LogP contribution >= 0.6 is 0 Å². The number of methoxy groups -OCH3 is 4. The van der Waals surface area contributed by atoms with Gasteiger partial charge in [-0.1, -0.05) is 0 Å². The average Bonchev–Trinajstić information content (AvgIpc) is 3.14. The van der Waals surface area contributed by atoms with E-state index in [1.807, 2.05) is 24.4 Å². The molecule has 29 heavy (non-hydrogen) atoms. The summed E-state index contributed by atoms with van der Waals surface area (Å²) in [6, 6.07) is 9.47. The van der Waals surface area contributed by atoms with Crippen molar-refractivity contribution in [1.82, 2.24) is 10.3 Å². The van der Waals surface area contributed by atoms with Gasteiger partial charge in [0.1, 0.15) is 5.75 Å². The zero-order chi connectivity index (χ0) is 20.8. The molecule has 0 fully saturated rings. The third kappa shape index (κ3) is 4.56. The summed E-state index contributed by atoms with van der Waals surface area (Å²) in [5.41, 5.74) is 2.96. The minimum Gasteiger partial charge on any atom is -0.497 e. The van der Waals surface area contributed by atoms with E-state index in [-0.39, 0.29) is 12.3 Å². The summed E-state index contributed by atoms with van der Waals surface area (Å²) in [6.45, 7) is 0.535. The van der Waals surface area contributed by atoms with E-state index in [0.29, 0.717) is 30.2 Å². The van der Waals surface area contributed by atoms with Crippen molar-refractivity contribution in [3.63, 3.8) is 0 Å². The van der Waals surface area contributed by atoms with E-state index in [9.17, 15) is 4.79 Å². The number of hydrogen-bond acceptors (Lipinski definition) is 5. The molecular formula is C22H26N2O5. The van der Waals surface area contributed by atoms with Gasteiger partial charge in [0, 0.05) is 23.6 Å². The molecule has 1 amide bonds. The van der Waals surface area contributed by atoms with Crippen LogP contribution in [0.1, 0.15) is 11.1 Å². The molecule has 7 nitrogen and oxygen atoms in total. The van der Waals surface area contributed by atoms with Crippen molar-refractivity contribution in [2.45, 2.75) is 12.8 Å². The first kappa shape index (κ1) is 20.4. The second kappa shape index (κ2) is 9.23. The van der Waals surface area contributed by atoms with Crippen LogP contribution in [0, 0.1) is 0 Å². The smallest absolute Gasteiger partial charge is 0.224 e. The Morgan fingerprint density at radius 3 is 2.31 bits per heavy atom. The Balaban J connectivity index is 1.62. The first-order chi connectivity index (χ1) is 14.1. The van der Waals surface area contributed by atoms with Gasteiger partial charge in [-0.05, 0) is 47.9 Å². The van der Waals surface area contributed by atoms with Crippen LogP contribution in [-0.4, -0.2) is 45.9 Å². The molecule has 0 aliphatic rings. The maximum Gasteiger partial charge on any atom is 0.224 e. The molecule has 3 aromatic rings. The van der Waals surface area contributed by atoms with E-state index >= 15 is 0 Å². The van der Waals surface area contributed by atoms with Crippen LogP contribution in [0.2, 0.25) is 0 Å². The Labute approximate surface area is 169 Å². The zero-order valence-electron chi connectivity index (χ0n) is 17.1. The molecule has 1 aromatic heterocycles. The van der Waals surface area contributed by atoms with E-state index in [0.717, 1.165) is 27.8 Å². The topological polar surface area (TPSA) is 81.8 Å². The molecule has 0 aliphatic carbocycles. The third-order valence-electron chi connectivity index (χ3n) is 4.78. The van der Waals surface area contributed by atoms with Crippen molar-refractivity contribution in [1.29, 1.82) is 0 Å². The molecular weight excluding hydrogens is 372 g/mol. The SMILES string of the molecule is COc1ccc2[nH]cc(CCNC(=O)Cc3cc(OC)c(OC)c(OC)c3)c2c1. The number of carbonyl (C=O) groups excluding carboxylic acids is 1. The number of ether oxygens (including phenoxy) is 4. The van der Waals surface area contributed by atoms with Crippen molar-refractivity contribution in [3.05, 3.63) is 47.7 Å². The number of H-pyrrole nitrogens is 1. The lowest BCUT2D eigenvalue weighted by molar-refractivity contribution is -0.120. The quantitative estimate of drug-likeness (QED) is 0.579. The summed E-state index contributed by atoms with van der Waals surface area (Å²) in [5.74, 6) is 2.31. The van der Waals surface area contributed by atoms with Crippen LogP contribution in [0.25, 0.3) is 10.9 Å². The lowest BCUT2D eigenvalue weighted by Gasteiger charge is -2.14. The molecule has 0 spiro atoms. The maximum absolute atomic E-state index is 12.4. The Hall–Kier alpha value is -3.35. The van der Waals surface area contributed by atoms with Gasteiger partial charge in [-0.25, -0.2) is 0 Å². The fraction of sp³-hybridized carbons (Fsp3) is 0.318. The molecule has 2 aromatic carbocycles. The van der Waals surface area contributed by atoms with Gasteiger partial charge in [0.2, 0.25) is 11.7 Å². The summed E-state index contributed by atoms with van der Waals surface area (Å²) in [4.78, 5) is 15.7. The predicted molar refractivity (Wildman–Crippen MR) is 111 cm³/mol. The van der Waals surface area contributed by atoms with Gasteiger partial charge >= 0.3 is 0 Å². The highest BCUT2D eigenvalue weighted by Gasteiger charge is 2.15. The normalized spacial score (nSPS) is 10.6. The zero-order valence-corrected chi connectivity index (χ0v) is 17.1. The van der Waals surface area contributed by atoms with Crippen LogP contribution < -0.4 is 24.3 Å². The number of amides is 1. The minimum absolute atomic E-state index is 0.0725. The van der Waals surface area contributed by atoms with Gasteiger partial charge in [-0.3, -0.25) is 4.79 Å². The summed E-state index contributed by atoms with van der Waals surface area (Å²) < 4.78 is 21.3. The number of aromatic nitrogens is 1. The molecule has 0 aliphatic heterocycles. The monoisotopic (exact) mass is 398 g/mol. The first-order valence-electron chi connectivity index (χ1n) is 9.29. The molecule has 0 bridgehead atoms. The van der Waals surface area contributed by atoms with Crippen molar-refractivity contribution in [2.24, 2.45) is 0 Å². The highest BCUT2D eigenvalue weighted by molar-refractivity contribution is 5.85. The highest BCUT2D eigenvalue weighted by atomic mass is 16.5. The van der Waals surface area contributed by atoms with Gasteiger partial charge in [-0.15, -0.1) is 0 Å². The number of benzene rings is 2. The Kier molecular flexibility index (Phi) is 6.49. The van der Waals surface area contributed by atoms with Crippen LogP contribution in [0.5, 0.6) is 23.0 Å². The lowest BCUT2D eigenvalue weighted by Crippen LogP contribution is -2.27. The molecule has 0 saturated carbocycles. The molecule has 3 rings (SSSR count). The lowest BCUT2D eigenvalue weighted by atomic mass is 10.1. The number of hydrogen-bond donors (Lipinski definition) is 2. The van der Waals surface area contributed by atoms with Crippen LogP contribution in [0.4, 0.5) is 0 Å².